The number of benzene rings is 2. The van der Waals surface area contributed by atoms with E-state index in [1.54, 1.807) is 13.8 Å². The van der Waals surface area contributed by atoms with Crippen LogP contribution in [0.4, 0.5) is 10.1 Å². The van der Waals surface area contributed by atoms with Gasteiger partial charge in [-0.15, -0.1) is 0 Å². The van der Waals surface area contributed by atoms with Gasteiger partial charge in [0, 0.05) is 25.2 Å². The van der Waals surface area contributed by atoms with Gasteiger partial charge in [-0.1, -0.05) is 12.1 Å². The maximum atomic E-state index is 13.7. The van der Waals surface area contributed by atoms with Crippen LogP contribution in [0.3, 0.4) is 0 Å². The second kappa shape index (κ2) is 12.0. The van der Waals surface area contributed by atoms with Gasteiger partial charge >= 0.3 is 0 Å². The monoisotopic (exact) mass is 624 g/mol. The first-order valence-corrected chi connectivity index (χ1v) is 16.0. The lowest BCUT2D eigenvalue weighted by Crippen LogP contribution is -2.50. The molecular formula is C27H33FN4O8S2. The molecule has 0 aliphatic carbocycles. The molecule has 1 aliphatic rings. The highest BCUT2D eigenvalue weighted by molar-refractivity contribution is 7.92. The smallest absolute Gasteiger partial charge is 0.267 e. The van der Waals surface area contributed by atoms with E-state index in [-0.39, 0.29) is 63.9 Å². The molecule has 228 valence electrons. The summed E-state index contributed by atoms with van der Waals surface area (Å²) in [7, 11) is -6.74. The Balaban J connectivity index is 1.69. The van der Waals surface area contributed by atoms with Crippen molar-refractivity contribution in [1.82, 2.24) is 14.4 Å². The van der Waals surface area contributed by atoms with Crippen molar-refractivity contribution < 1.29 is 40.4 Å². The minimum absolute atomic E-state index is 0.0233. The third-order valence-electron chi connectivity index (χ3n) is 7.11. The standard InChI is InChI=1S/C27H33FN4O8S2/c1-16-13-32(17(2)15-33)27(34)23-12-21(30-41(35,36)26-18(3)29-40-19(26)4)8-11-24(23)39-25(16)14-31(5)42(37,38)22-9-6-20(28)7-10-22/h6-12,16-17,25,30,33H,13-15H2,1-5H3/t16-,17-,25-/m1/s1. The van der Waals surface area contributed by atoms with Crippen molar-refractivity contribution in [2.45, 2.75) is 49.6 Å². The zero-order valence-corrected chi connectivity index (χ0v) is 25.4. The van der Waals surface area contributed by atoms with E-state index in [0.29, 0.717) is 0 Å². The van der Waals surface area contributed by atoms with Gasteiger partial charge in [-0.2, -0.15) is 4.31 Å². The van der Waals surface area contributed by atoms with Crippen LogP contribution in [0.25, 0.3) is 0 Å². The Morgan fingerprint density at radius 2 is 1.83 bits per heavy atom. The molecule has 42 heavy (non-hydrogen) atoms. The van der Waals surface area contributed by atoms with Gasteiger partial charge in [0.2, 0.25) is 10.0 Å². The number of halogens is 1. The predicted molar refractivity (Wildman–Crippen MR) is 151 cm³/mol. The summed E-state index contributed by atoms with van der Waals surface area (Å²) < 4.78 is 80.7. The summed E-state index contributed by atoms with van der Waals surface area (Å²) in [6.45, 7) is 6.08. The van der Waals surface area contributed by atoms with Crippen LogP contribution >= 0.6 is 0 Å². The highest BCUT2D eigenvalue weighted by Gasteiger charge is 2.36. The van der Waals surface area contributed by atoms with Crippen molar-refractivity contribution in [2.75, 3.05) is 31.5 Å². The number of hydrogen-bond acceptors (Lipinski definition) is 9. The first-order chi connectivity index (χ1) is 19.6. The average Bonchev–Trinajstić information content (AvgIpc) is 3.28. The number of aliphatic hydroxyl groups excluding tert-OH is 1. The maximum absolute atomic E-state index is 13.7. The van der Waals surface area contributed by atoms with E-state index in [9.17, 15) is 31.1 Å². The zero-order chi connectivity index (χ0) is 31.0. The Kier molecular flexibility index (Phi) is 8.97. The number of aryl methyl sites for hydroxylation is 2. The fourth-order valence-corrected chi connectivity index (χ4v) is 7.27. The van der Waals surface area contributed by atoms with Gasteiger partial charge in [-0.3, -0.25) is 9.52 Å². The first kappa shape index (κ1) is 31.4. The van der Waals surface area contributed by atoms with Gasteiger partial charge in [-0.05, 0) is 63.2 Å². The van der Waals surface area contributed by atoms with Crippen LogP contribution in [0.2, 0.25) is 0 Å². The largest absolute Gasteiger partial charge is 0.488 e. The molecule has 0 radical (unpaired) electrons. The highest BCUT2D eigenvalue weighted by Crippen LogP contribution is 2.32. The number of nitrogens with zero attached hydrogens (tertiary/aromatic N) is 3. The Hall–Kier alpha value is -3.53. The predicted octanol–water partition coefficient (Wildman–Crippen LogP) is 2.77. The third-order valence-corrected chi connectivity index (χ3v) is 10.6. The number of anilines is 1. The van der Waals surface area contributed by atoms with E-state index >= 15 is 0 Å². The molecule has 12 nitrogen and oxygen atoms in total. The van der Waals surface area contributed by atoms with Crippen molar-refractivity contribution in [3.05, 3.63) is 65.3 Å². The summed E-state index contributed by atoms with van der Waals surface area (Å²) in [6, 6.07) is 8.04. The van der Waals surface area contributed by atoms with Crippen molar-refractivity contribution in [2.24, 2.45) is 5.92 Å². The molecular weight excluding hydrogens is 591 g/mol. The summed E-state index contributed by atoms with van der Waals surface area (Å²) in [4.78, 5) is 14.9. The number of aromatic nitrogens is 1. The molecule has 4 rings (SSSR count). The van der Waals surface area contributed by atoms with Crippen LogP contribution in [0.5, 0.6) is 5.75 Å². The number of rotatable bonds is 9. The second-order valence-corrected chi connectivity index (χ2v) is 14.0. The van der Waals surface area contributed by atoms with E-state index in [0.717, 1.165) is 16.4 Å². The number of sulfonamides is 2. The SMILES string of the molecule is Cc1noc(C)c1S(=O)(=O)Nc1ccc2c(c1)C(=O)N([C@H](C)CO)C[C@@H](C)[C@@H](CN(C)S(=O)(=O)c1ccc(F)cc1)O2. The Morgan fingerprint density at radius 1 is 1.17 bits per heavy atom. The topological polar surface area (TPSA) is 159 Å². The van der Waals surface area contributed by atoms with Gasteiger partial charge in [-0.25, -0.2) is 21.2 Å². The van der Waals surface area contributed by atoms with Gasteiger partial charge in [0.15, 0.2) is 10.7 Å². The van der Waals surface area contributed by atoms with E-state index in [2.05, 4.69) is 9.88 Å². The number of nitrogens with one attached hydrogen (secondary N) is 1. The molecule has 0 unspecified atom stereocenters. The number of ether oxygens (including phenoxy) is 1. The molecule has 15 heteroatoms. The maximum Gasteiger partial charge on any atom is 0.267 e. The molecule has 3 aromatic rings. The number of fused-ring (bicyclic) bond motifs is 1. The van der Waals surface area contributed by atoms with Crippen LogP contribution < -0.4 is 9.46 Å². The first-order valence-electron chi connectivity index (χ1n) is 13.1. The van der Waals surface area contributed by atoms with Gasteiger partial charge < -0.3 is 19.3 Å². The molecule has 3 atom stereocenters. The molecule has 0 saturated carbocycles. The molecule has 1 aliphatic heterocycles. The number of carbonyl (C=O) groups excluding carboxylic acids is 1. The molecule has 2 aromatic carbocycles. The summed E-state index contributed by atoms with van der Waals surface area (Å²) in [5, 5.41) is 13.6. The quantitative estimate of drug-likeness (QED) is 0.365. The molecule has 0 spiro atoms. The highest BCUT2D eigenvalue weighted by atomic mass is 32.2. The lowest BCUT2D eigenvalue weighted by Gasteiger charge is -2.38. The van der Waals surface area contributed by atoms with Gasteiger partial charge in [0.05, 0.1) is 29.7 Å². The van der Waals surface area contributed by atoms with Crippen molar-refractivity contribution in [3.8, 4) is 5.75 Å². The third kappa shape index (κ3) is 6.28. The fourth-order valence-electron chi connectivity index (χ4n) is 4.71. The summed E-state index contributed by atoms with van der Waals surface area (Å²) >= 11 is 0. The molecule has 2 heterocycles. The Labute approximate surface area is 244 Å². The van der Waals surface area contributed by atoms with E-state index < -0.39 is 43.9 Å². The second-order valence-electron chi connectivity index (χ2n) is 10.3. The molecule has 2 N–H and O–H groups in total. The molecule has 0 saturated heterocycles. The molecule has 1 amide bonds. The lowest BCUT2D eigenvalue weighted by atomic mass is 9.99. The number of carbonyl (C=O) groups is 1. The Bertz CT molecular complexity index is 1660. The van der Waals surface area contributed by atoms with Crippen molar-refractivity contribution in [1.29, 1.82) is 0 Å². The van der Waals surface area contributed by atoms with Crippen LogP contribution in [-0.4, -0.2) is 81.1 Å². The average molecular weight is 625 g/mol. The van der Waals surface area contributed by atoms with Gasteiger partial charge in [0.25, 0.3) is 15.9 Å². The normalized spacial score (nSPS) is 18.7. The van der Waals surface area contributed by atoms with E-state index in [4.69, 9.17) is 9.26 Å². The summed E-state index contributed by atoms with van der Waals surface area (Å²) in [5.41, 5.74) is 0.267. The molecule has 1 aromatic heterocycles. The Morgan fingerprint density at radius 3 is 2.43 bits per heavy atom. The zero-order valence-electron chi connectivity index (χ0n) is 23.7. The lowest BCUT2D eigenvalue weighted by molar-refractivity contribution is 0.0387. The fraction of sp³-hybridized carbons (Fsp3) is 0.407. The summed E-state index contributed by atoms with van der Waals surface area (Å²) in [6.07, 6.45) is -0.754. The van der Waals surface area contributed by atoms with E-state index in [1.807, 2.05) is 0 Å². The number of likely N-dealkylation sites (N-methyl/N-ethyl adjacent to an activating group) is 1. The number of amides is 1. The van der Waals surface area contributed by atoms with Crippen LogP contribution in [-0.2, 0) is 20.0 Å². The van der Waals surface area contributed by atoms with Crippen LogP contribution in [0, 0.1) is 25.6 Å². The minimum atomic E-state index is -4.12. The number of aliphatic hydroxyl groups is 1. The molecule has 0 bridgehead atoms. The summed E-state index contributed by atoms with van der Waals surface area (Å²) in [5.74, 6) is -1.24. The molecule has 0 fully saturated rings. The minimum Gasteiger partial charge on any atom is -0.488 e. The van der Waals surface area contributed by atoms with Gasteiger partial charge in [0.1, 0.15) is 23.4 Å². The van der Waals surface area contributed by atoms with E-state index in [1.165, 1.54) is 56.1 Å². The van der Waals surface area contributed by atoms with Crippen molar-refractivity contribution in [3.63, 3.8) is 0 Å². The number of hydrogen-bond donors (Lipinski definition) is 2. The van der Waals surface area contributed by atoms with Crippen molar-refractivity contribution >= 4 is 31.6 Å². The van der Waals surface area contributed by atoms with Crippen LogP contribution in [0.1, 0.15) is 35.7 Å². The van der Waals surface area contributed by atoms with Crippen LogP contribution in [0.15, 0.2) is 56.8 Å².